The fourth-order valence-electron chi connectivity index (χ4n) is 1.19. The normalized spacial score (nSPS) is 9.38. The molecular weight excluding hydrogens is 244 g/mol. The smallest absolute Gasteiger partial charge is 0.238 e. The molecule has 0 atom stereocenters. The standard InChI is InChI=1S/C11H16N2OS.ClH/c1-15-7-6-9-2-4-10(5-3-9)13-11(14)8-12;/h2-5H,6-8,12H2,1H3,(H,13,14);1H. The summed E-state index contributed by atoms with van der Waals surface area (Å²) in [7, 11) is 0. The van der Waals surface area contributed by atoms with Crippen molar-refractivity contribution in [3.63, 3.8) is 0 Å². The lowest BCUT2D eigenvalue weighted by Gasteiger charge is -2.04. The van der Waals surface area contributed by atoms with E-state index >= 15 is 0 Å². The second kappa shape index (κ2) is 8.44. The number of carbonyl (C=O) groups excluding carboxylic acids is 1. The van der Waals surface area contributed by atoms with Gasteiger partial charge in [-0.15, -0.1) is 12.4 Å². The van der Waals surface area contributed by atoms with E-state index in [0.717, 1.165) is 17.9 Å². The maximum absolute atomic E-state index is 11.0. The predicted octanol–water partition coefficient (Wildman–Crippen LogP) is 1.91. The lowest BCUT2D eigenvalue weighted by molar-refractivity contribution is -0.114. The number of halogens is 1. The van der Waals surface area contributed by atoms with Gasteiger partial charge < -0.3 is 11.1 Å². The van der Waals surface area contributed by atoms with Crippen LogP contribution < -0.4 is 11.1 Å². The van der Waals surface area contributed by atoms with E-state index < -0.39 is 0 Å². The second-order valence-corrected chi connectivity index (χ2v) is 4.18. The Kier molecular flexibility index (Phi) is 8.07. The summed E-state index contributed by atoms with van der Waals surface area (Å²) in [6.07, 6.45) is 3.15. The zero-order chi connectivity index (χ0) is 11.1. The Bertz CT molecular complexity index is 316. The molecule has 0 saturated heterocycles. The van der Waals surface area contributed by atoms with Crippen LogP contribution in [0.3, 0.4) is 0 Å². The zero-order valence-electron chi connectivity index (χ0n) is 9.23. The summed E-state index contributed by atoms with van der Waals surface area (Å²) in [5.41, 5.74) is 7.29. The molecule has 0 fully saturated rings. The van der Waals surface area contributed by atoms with Crippen LogP contribution in [-0.4, -0.2) is 24.5 Å². The molecule has 1 aromatic carbocycles. The van der Waals surface area contributed by atoms with Gasteiger partial charge in [-0.1, -0.05) is 12.1 Å². The highest BCUT2D eigenvalue weighted by Crippen LogP contribution is 2.11. The van der Waals surface area contributed by atoms with Gasteiger partial charge in [-0.3, -0.25) is 4.79 Å². The van der Waals surface area contributed by atoms with Gasteiger partial charge in [-0.25, -0.2) is 0 Å². The molecule has 3 N–H and O–H groups in total. The molecule has 0 aliphatic rings. The van der Waals surface area contributed by atoms with Crippen LogP contribution >= 0.6 is 24.2 Å². The summed E-state index contributed by atoms with van der Waals surface area (Å²) in [6, 6.07) is 7.87. The molecule has 0 spiro atoms. The number of thioether (sulfide) groups is 1. The van der Waals surface area contributed by atoms with E-state index in [1.807, 2.05) is 36.0 Å². The van der Waals surface area contributed by atoms with E-state index in [1.54, 1.807) is 0 Å². The lowest BCUT2D eigenvalue weighted by atomic mass is 10.1. The highest BCUT2D eigenvalue weighted by molar-refractivity contribution is 7.98. The molecule has 1 amide bonds. The monoisotopic (exact) mass is 260 g/mol. The van der Waals surface area contributed by atoms with Crippen LogP contribution in [0.5, 0.6) is 0 Å². The lowest BCUT2D eigenvalue weighted by Crippen LogP contribution is -2.21. The van der Waals surface area contributed by atoms with Crippen LogP contribution in [0.4, 0.5) is 5.69 Å². The van der Waals surface area contributed by atoms with Crippen LogP contribution in [0.2, 0.25) is 0 Å². The fraction of sp³-hybridized carbons (Fsp3) is 0.364. The van der Waals surface area contributed by atoms with Crippen molar-refractivity contribution >= 4 is 35.8 Å². The maximum atomic E-state index is 11.0. The summed E-state index contributed by atoms with van der Waals surface area (Å²) < 4.78 is 0. The number of hydrogen-bond acceptors (Lipinski definition) is 3. The first kappa shape index (κ1) is 15.3. The zero-order valence-corrected chi connectivity index (χ0v) is 10.9. The van der Waals surface area contributed by atoms with Crippen molar-refractivity contribution in [3.8, 4) is 0 Å². The predicted molar refractivity (Wildman–Crippen MR) is 73.5 cm³/mol. The molecule has 0 saturated carbocycles. The molecule has 5 heteroatoms. The topological polar surface area (TPSA) is 55.1 Å². The molecule has 0 unspecified atom stereocenters. The Morgan fingerprint density at radius 2 is 2.00 bits per heavy atom. The Balaban J connectivity index is 0.00000225. The van der Waals surface area contributed by atoms with Crippen molar-refractivity contribution in [1.29, 1.82) is 0 Å². The number of nitrogens with two attached hydrogens (primary N) is 1. The van der Waals surface area contributed by atoms with Crippen LogP contribution in [0.15, 0.2) is 24.3 Å². The molecule has 90 valence electrons. The molecule has 0 aliphatic heterocycles. The van der Waals surface area contributed by atoms with Crippen molar-refractivity contribution < 1.29 is 4.79 Å². The average molecular weight is 261 g/mol. The summed E-state index contributed by atoms with van der Waals surface area (Å²) in [5.74, 6) is 0.959. The van der Waals surface area contributed by atoms with Crippen molar-refractivity contribution in [2.75, 3.05) is 23.9 Å². The van der Waals surface area contributed by atoms with Gasteiger partial charge in [0.1, 0.15) is 0 Å². The minimum absolute atomic E-state index is 0. The van der Waals surface area contributed by atoms with Gasteiger partial charge in [0.25, 0.3) is 0 Å². The van der Waals surface area contributed by atoms with E-state index in [4.69, 9.17) is 5.73 Å². The molecule has 3 nitrogen and oxygen atoms in total. The molecular formula is C11H17ClN2OS. The van der Waals surface area contributed by atoms with Crippen molar-refractivity contribution in [2.45, 2.75) is 6.42 Å². The highest BCUT2D eigenvalue weighted by atomic mass is 35.5. The number of rotatable bonds is 5. The van der Waals surface area contributed by atoms with E-state index in [2.05, 4.69) is 11.6 Å². The van der Waals surface area contributed by atoms with E-state index in [-0.39, 0.29) is 24.9 Å². The SMILES string of the molecule is CSCCc1ccc(NC(=O)CN)cc1.Cl. The van der Waals surface area contributed by atoms with Gasteiger partial charge in [0.05, 0.1) is 6.54 Å². The summed E-state index contributed by atoms with van der Waals surface area (Å²) in [4.78, 5) is 11.0. The molecule has 0 aromatic heterocycles. The number of amides is 1. The summed E-state index contributed by atoms with van der Waals surface area (Å²) >= 11 is 1.83. The Morgan fingerprint density at radius 3 is 2.50 bits per heavy atom. The Hall–Kier alpha value is -0.710. The third-order valence-corrected chi connectivity index (χ3v) is 2.63. The number of hydrogen-bond donors (Lipinski definition) is 2. The fourth-order valence-corrected chi connectivity index (χ4v) is 1.63. The largest absolute Gasteiger partial charge is 0.325 e. The van der Waals surface area contributed by atoms with Gasteiger partial charge in [-0.2, -0.15) is 11.8 Å². The van der Waals surface area contributed by atoms with Gasteiger partial charge >= 0.3 is 0 Å². The Morgan fingerprint density at radius 1 is 1.38 bits per heavy atom. The highest BCUT2D eigenvalue weighted by Gasteiger charge is 1.98. The third kappa shape index (κ3) is 5.39. The summed E-state index contributed by atoms with van der Waals surface area (Å²) in [5, 5.41) is 2.71. The first-order valence-corrected chi connectivity index (χ1v) is 6.23. The molecule has 0 radical (unpaired) electrons. The minimum Gasteiger partial charge on any atom is -0.325 e. The van der Waals surface area contributed by atoms with Crippen LogP contribution in [-0.2, 0) is 11.2 Å². The van der Waals surface area contributed by atoms with Gasteiger partial charge in [0, 0.05) is 5.69 Å². The van der Waals surface area contributed by atoms with Crippen LogP contribution in [0.1, 0.15) is 5.56 Å². The minimum atomic E-state index is -0.160. The van der Waals surface area contributed by atoms with Gasteiger partial charge in [0.2, 0.25) is 5.91 Å². The number of benzene rings is 1. The van der Waals surface area contributed by atoms with Crippen molar-refractivity contribution in [1.82, 2.24) is 0 Å². The van der Waals surface area contributed by atoms with Gasteiger partial charge in [0.15, 0.2) is 0 Å². The molecule has 0 heterocycles. The van der Waals surface area contributed by atoms with E-state index in [9.17, 15) is 4.79 Å². The van der Waals surface area contributed by atoms with E-state index in [1.165, 1.54) is 5.56 Å². The van der Waals surface area contributed by atoms with Crippen molar-refractivity contribution in [3.05, 3.63) is 29.8 Å². The van der Waals surface area contributed by atoms with E-state index in [0.29, 0.717) is 0 Å². The second-order valence-electron chi connectivity index (χ2n) is 3.19. The Labute approximate surface area is 107 Å². The molecule has 16 heavy (non-hydrogen) atoms. The average Bonchev–Trinajstić information content (AvgIpc) is 2.28. The molecule has 0 aliphatic carbocycles. The third-order valence-electron chi connectivity index (χ3n) is 2.02. The molecule has 0 bridgehead atoms. The molecule has 1 aromatic rings. The summed E-state index contributed by atoms with van der Waals surface area (Å²) in [6.45, 7) is 0.0220. The number of anilines is 1. The van der Waals surface area contributed by atoms with Crippen LogP contribution in [0, 0.1) is 0 Å². The number of nitrogens with one attached hydrogen (secondary N) is 1. The first-order chi connectivity index (χ1) is 7.26. The number of carbonyl (C=O) groups is 1. The van der Waals surface area contributed by atoms with Gasteiger partial charge in [-0.05, 0) is 36.1 Å². The van der Waals surface area contributed by atoms with Crippen molar-refractivity contribution in [2.24, 2.45) is 5.73 Å². The quantitative estimate of drug-likeness (QED) is 0.850. The maximum Gasteiger partial charge on any atom is 0.238 e. The number of aryl methyl sites for hydroxylation is 1. The first-order valence-electron chi connectivity index (χ1n) is 4.84. The van der Waals surface area contributed by atoms with Crippen LogP contribution in [0.25, 0.3) is 0 Å². The molecule has 1 rings (SSSR count).